The summed E-state index contributed by atoms with van der Waals surface area (Å²) in [7, 11) is 0. The van der Waals surface area contributed by atoms with Crippen molar-refractivity contribution < 1.29 is 28.4 Å². The van der Waals surface area contributed by atoms with Crippen LogP contribution in [0.3, 0.4) is 0 Å². The van der Waals surface area contributed by atoms with Crippen molar-refractivity contribution in [3.63, 3.8) is 0 Å². The summed E-state index contributed by atoms with van der Waals surface area (Å²) in [6, 6.07) is 3.62. The number of nitro groups is 1. The first-order chi connectivity index (χ1) is 13.7. The molecule has 0 aliphatic carbocycles. The molecule has 1 amide bonds. The molecule has 2 heterocycles. The summed E-state index contributed by atoms with van der Waals surface area (Å²) in [6.45, 7) is 5.48. The Bertz CT molecular complexity index is 1000. The quantitative estimate of drug-likeness (QED) is 0.408. The van der Waals surface area contributed by atoms with E-state index in [9.17, 15) is 24.5 Å². The maximum atomic E-state index is 12.6. The molecule has 11 heteroatoms. The smallest absolute Gasteiger partial charge is 0.420 e. The number of hydrogen-bond acceptors (Lipinski definition) is 8. The molecule has 3 unspecified atom stereocenters. The minimum Gasteiger partial charge on any atom is -0.451 e. The monoisotopic (exact) mass is 407 g/mol. The third-order valence-corrected chi connectivity index (χ3v) is 4.54. The number of amides is 1. The number of non-ortho nitro benzene ring substituents is 1. The second-order valence-corrected chi connectivity index (χ2v) is 7.00. The summed E-state index contributed by atoms with van der Waals surface area (Å²) in [6.07, 6.45) is -1.27. The summed E-state index contributed by atoms with van der Waals surface area (Å²) >= 11 is 0. The maximum absolute atomic E-state index is 12.6. The third-order valence-electron chi connectivity index (χ3n) is 4.54. The Morgan fingerprint density at radius 3 is 2.59 bits per heavy atom. The molecule has 1 saturated heterocycles. The molecule has 3 rings (SSSR count). The predicted molar refractivity (Wildman–Crippen MR) is 99.3 cm³/mol. The average Bonchev–Trinajstić information content (AvgIpc) is 2.94. The van der Waals surface area contributed by atoms with Gasteiger partial charge >= 0.3 is 11.7 Å². The van der Waals surface area contributed by atoms with E-state index in [0.29, 0.717) is 13.1 Å². The van der Waals surface area contributed by atoms with Gasteiger partial charge in [0.25, 0.3) is 11.6 Å². The number of esters is 1. The Balaban J connectivity index is 1.69. The number of ether oxygens (including phenoxy) is 2. The van der Waals surface area contributed by atoms with Crippen molar-refractivity contribution in [2.75, 3.05) is 13.1 Å². The highest BCUT2D eigenvalue weighted by molar-refractivity contribution is 5.84. The van der Waals surface area contributed by atoms with Crippen LogP contribution in [0.2, 0.25) is 0 Å². The number of aromatic nitrogens is 1. The molecule has 1 aromatic carbocycles. The zero-order valence-corrected chi connectivity index (χ0v) is 16.2. The number of benzene rings is 1. The number of fused-ring (bicyclic) bond motifs is 1. The Kier molecular flexibility index (Phi) is 5.69. The molecule has 2 aromatic rings. The number of hydrogen-bond donors (Lipinski definition) is 0. The van der Waals surface area contributed by atoms with Crippen LogP contribution in [0.15, 0.2) is 27.4 Å². The van der Waals surface area contributed by atoms with Crippen LogP contribution < -0.4 is 5.76 Å². The molecule has 1 fully saturated rings. The van der Waals surface area contributed by atoms with Gasteiger partial charge in [-0.3, -0.25) is 24.3 Å². The highest BCUT2D eigenvalue weighted by Crippen LogP contribution is 2.20. The van der Waals surface area contributed by atoms with E-state index < -0.39 is 29.3 Å². The zero-order chi connectivity index (χ0) is 21.3. The number of oxazole rings is 1. The lowest BCUT2D eigenvalue weighted by molar-refractivity contribution is -0.384. The van der Waals surface area contributed by atoms with Crippen LogP contribution in [-0.4, -0.2) is 57.7 Å². The fourth-order valence-corrected chi connectivity index (χ4v) is 3.35. The number of carbonyl (C=O) groups is 2. The van der Waals surface area contributed by atoms with E-state index in [2.05, 4.69) is 0 Å². The van der Waals surface area contributed by atoms with Gasteiger partial charge < -0.3 is 18.8 Å². The summed E-state index contributed by atoms with van der Waals surface area (Å²) in [5.74, 6) is -2.00. The van der Waals surface area contributed by atoms with Gasteiger partial charge in [-0.25, -0.2) is 4.79 Å². The van der Waals surface area contributed by atoms with Gasteiger partial charge in [0.1, 0.15) is 6.54 Å². The van der Waals surface area contributed by atoms with Crippen molar-refractivity contribution in [3.8, 4) is 0 Å². The number of morpholine rings is 1. The van der Waals surface area contributed by atoms with Crippen molar-refractivity contribution in [1.29, 1.82) is 0 Å². The van der Waals surface area contributed by atoms with Gasteiger partial charge in [0, 0.05) is 19.2 Å². The fraction of sp³-hybridized carbons (Fsp3) is 0.500. The van der Waals surface area contributed by atoms with Crippen LogP contribution >= 0.6 is 0 Å². The van der Waals surface area contributed by atoms with Gasteiger partial charge in [-0.05, 0) is 26.8 Å². The standard InChI is InChI=1S/C18H21N3O8/c1-10-7-19(8-11(2)27-10)17(23)12(3)28-16(22)9-20-14-5-4-13(21(25)26)6-15(14)29-18(20)24/h4-6,10-12H,7-9H2,1-3H3. The number of nitrogens with zero attached hydrogens (tertiary/aromatic N) is 3. The highest BCUT2D eigenvalue weighted by Gasteiger charge is 2.30. The summed E-state index contributed by atoms with van der Waals surface area (Å²) in [4.78, 5) is 48.6. The summed E-state index contributed by atoms with van der Waals surface area (Å²) in [5, 5.41) is 10.8. The Morgan fingerprint density at radius 1 is 1.31 bits per heavy atom. The molecule has 0 N–H and O–H groups in total. The predicted octanol–water partition coefficient (Wildman–Crippen LogP) is 1.07. The second-order valence-electron chi connectivity index (χ2n) is 7.00. The number of nitro benzene ring substituents is 1. The van der Waals surface area contributed by atoms with Crippen LogP contribution in [0.25, 0.3) is 11.1 Å². The first-order valence-corrected chi connectivity index (χ1v) is 9.07. The summed E-state index contributed by atoms with van der Waals surface area (Å²) < 4.78 is 16.7. The molecule has 29 heavy (non-hydrogen) atoms. The van der Waals surface area contributed by atoms with Crippen molar-refractivity contribution in [3.05, 3.63) is 38.9 Å². The first-order valence-electron chi connectivity index (χ1n) is 9.07. The molecule has 11 nitrogen and oxygen atoms in total. The normalized spacial score (nSPS) is 20.4. The molecule has 1 aliphatic heterocycles. The Morgan fingerprint density at radius 2 is 1.97 bits per heavy atom. The molecular formula is C18H21N3O8. The molecule has 1 aromatic heterocycles. The SMILES string of the molecule is CC1CN(C(=O)C(C)OC(=O)Cn2c(=O)oc3cc([N+](=O)[O-])ccc32)CC(C)O1. The van der Waals surface area contributed by atoms with Gasteiger partial charge in [-0.2, -0.15) is 0 Å². The molecule has 1 aliphatic rings. The first kappa shape index (κ1) is 20.5. The highest BCUT2D eigenvalue weighted by atomic mass is 16.6. The molecule has 0 bridgehead atoms. The van der Waals surface area contributed by atoms with Crippen molar-refractivity contribution >= 4 is 28.7 Å². The number of rotatable bonds is 5. The largest absolute Gasteiger partial charge is 0.451 e. The lowest BCUT2D eigenvalue weighted by Crippen LogP contribution is -2.51. The molecular weight excluding hydrogens is 386 g/mol. The lowest BCUT2D eigenvalue weighted by atomic mass is 10.2. The minimum atomic E-state index is -1.03. The van der Waals surface area contributed by atoms with Crippen LogP contribution in [0, 0.1) is 10.1 Å². The van der Waals surface area contributed by atoms with E-state index in [-0.39, 0.29) is 34.9 Å². The van der Waals surface area contributed by atoms with E-state index in [1.165, 1.54) is 19.1 Å². The van der Waals surface area contributed by atoms with Gasteiger partial charge in [0.05, 0.1) is 28.7 Å². The van der Waals surface area contributed by atoms with Gasteiger partial charge in [0.15, 0.2) is 11.7 Å². The molecule has 0 spiro atoms. The van der Waals surface area contributed by atoms with E-state index in [1.807, 2.05) is 13.8 Å². The topological polar surface area (TPSA) is 134 Å². The Hall–Kier alpha value is -3.21. The lowest BCUT2D eigenvalue weighted by Gasteiger charge is -2.36. The number of carbonyl (C=O) groups excluding carboxylic acids is 2. The third kappa shape index (κ3) is 4.45. The zero-order valence-electron chi connectivity index (χ0n) is 16.2. The summed E-state index contributed by atoms with van der Waals surface area (Å²) in [5.41, 5.74) is -0.0426. The minimum absolute atomic E-state index is 0.0163. The van der Waals surface area contributed by atoms with Gasteiger partial charge in [0.2, 0.25) is 0 Å². The van der Waals surface area contributed by atoms with E-state index in [4.69, 9.17) is 13.9 Å². The van der Waals surface area contributed by atoms with Crippen LogP contribution in [0.1, 0.15) is 20.8 Å². The van der Waals surface area contributed by atoms with Crippen molar-refractivity contribution in [2.24, 2.45) is 0 Å². The van der Waals surface area contributed by atoms with E-state index in [1.54, 1.807) is 4.90 Å². The second kappa shape index (κ2) is 8.03. The molecule has 156 valence electrons. The van der Waals surface area contributed by atoms with E-state index >= 15 is 0 Å². The van der Waals surface area contributed by atoms with Crippen molar-refractivity contribution in [1.82, 2.24) is 9.47 Å². The van der Waals surface area contributed by atoms with Gasteiger partial charge in [-0.15, -0.1) is 0 Å². The maximum Gasteiger partial charge on any atom is 0.420 e. The van der Waals surface area contributed by atoms with Crippen LogP contribution in [-0.2, 0) is 25.6 Å². The Labute approximate surface area is 164 Å². The van der Waals surface area contributed by atoms with Crippen molar-refractivity contribution in [2.45, 2.75) is 45.6 Å². The molecule has 0 radical (unpaired) electrons. The average molecular weight is 407 g/mol. The van der Waals surface area contributed by atoms with Crippen LogP contribution in [0.5, 0.6) is 0 Å². The van der Waals surface area contributed by atoms with E-state index in [0.717, 1.165) is 10.6 Å². The molecule has 0 saturated carbocycles. The fourth-order valence-electron chi connectivity index (χ4n) is 3.35. The molecule has 3 atom stereocenters. The van der Waals surface area contributed by atoms with Gasteiger partial charge in [-0.1, -0.05) is 0 Å². The van der Waals surface area contributed by atoms with Crippen LogP contribution in [0.4, 0.5) is 5.69 Å².